The molecule has 0 aromatic rings. The van der Waals surface area contributed by atoms with Crippen LogP contribution in [0.3, 0.4) is 0 Å². The van der Waals surface area contributed by atoms with Gasteiger partial charge in [-0.25, -0.2) is 0 Å². The van der Waals surface area contributed by atoms with Crippen LogP contribution in [0.5, 0.6) is 0 Å². The number of ketones is 3. The molecule has 347 valence electrons. The summed E-state index contributed by atoms with van der Waals surface area (Å²) in [7, 11) is 0. The third kappa shape index (κ3) is 14.9. The summed E-state index contributed by atoms with van der Waals surface area (Å²) in [4.78, 5) is 33.6. The summed E-state index contributed by atoms with van der Waals surface area (Å²) in [6, 6.07) is 0. The molecule has 0 aliphatic heterocycles. The minimum atomic E-state index is -6.57. The minimum Gasteiger partial charge on any atom is -0.506 e. The van der Waals surface area contributed by atoms with Crippen molar-refractivity contribution < 1.29 is 160 Å². The maximum absolute atomic E-state index is 12.9. The number of hydrogen-bond acceptors (Lipinski definition) is 6. The fourth-order valence-electron chi connectivity index (χ4n) is 2.31. The first kappa shape index (κ1) is 62.1. The van der Waals surface area contributed by atoms with E-state index in [0.717, 1.165) is 0 Å². The van der Waals surface area contributed by atoms with E-state index >= 15 is 0 Å². The van der Waals surface area contributed by atoms with Gasteiger partial charge in [-0.15, -0.1) is 0 Å². The van der Waals surface area contributed by atoms with Crippen LogP contribution in [0.15, 0.2) is 35.5 Å². The SMILES string of the molecule is CC(C)(C)C(=O)/C=C(/O)C(F)(F)C(F)(F)C(F)(F)F.CC(C)(C)C(=O)/C=C(/O)C(F)(F)C(F)(F)C(F)(F)F.CC(C)(C)C(=O)/C=C(/O)C(F)(F)C(F)(F)C(F)(F)F.[Ho]. The van der Waals surface area contributed by atoms with Gasteiger partial charge in [-0.3, -0.25) is 14.4 Å². The van der Waals surface area contributed by atoms with Crippen molar-refractivity contribution in [1.29, 1.82) is 0 Å². The molecule has 0 fully saturated rings. The fourth-order valence-corrected chi connectivity index (χ4v) is 2.31. The van der Waals surface area contributed by atoms with Crippen molar-refractivity contribution in [3.63, 3.8) is 0 Å². The molecule has 0 atom stereocenters. The number of aliphatic hydroxyl groups is 3. The van der Waals surface area contributed by atoms with Crippen molar-refractivity contribution in [3.05, 3.63) is 35.5 Å². The van der Waals surface area contributed by atoms with Crippen molar-refractivity contribution in [3.8, 4) is 0 Å². The van der Waals surface area contributed by atoms with Crippen molar-refractivity contribution >= 4 is 17.3 Å². The zero-order valence-electron chi connectivity index (χ0n) is 30.5. The molecule has 0 rings (SSSR count). The Morgan fingerprint density at radius 3 is 0.534 bits per heavy atom. The largest absolute Gasteiger partial charge is 0.506 e. The van der Waals surface area contributed by atoms with E-state index in [0.29, 0.717) is 0 Å². The molecule has 0 aliphatic carbocycles. The van der Waals surface area contributed by atoms with E-state index in [2.05, 4.69) is 0 Å². The Morgan fingerprint density at radius 2 is 0.448 bits per heavy atom. The Balaban J connectivity index is -0.000000374. The number of rotatable bonds is 9. The number of carbonyl (C=O) groups excluding carboxylic acids is 3. The van der Waals surface area contributed by atoms with Gasteiger partial charge >= 0.3 is 54.1 Å². The van der Waals surface area contributed by atoms with Crippen LogP contribution in [0.1, 0.15) is 62.3 Å². The van der Waals surface area contributed by atoms with Crippen LogP contribution >= 0.6 is 0 Å². The van der Waals surface area contributed by atoms with Crippen LogP contribution in [0, 0.1) is 54.0 Å². The van der Waals surface area contributed by atoms with Crippen LogP contribution in [-0.4, -0.2) is 86.7 Å². The second-order valence-corrected chi connectivity index (χ2v) is 14.4. The van der Waals surface area contributed by atoms with Crippen LogP contribution in [0.25, 0.3) is 0 Å². The van der Waals surface area contributed by atoms with Gasteiger partial charge in [0.2, 0.25) is 0 Å². The van der Waals surface area contributed by atoms with Gasteiger partial charge in [0.15, 0.2) is 34.6 Å². The molecule has 58 heavy (non-hydrogen) atoms. The van der Waals surface area contributed by atoms with Crippen molar-refractivity contribution in [2.75, 3.05) is 0 Å². The van der Waals surface area contributed by atoms with Gasteiger partial charge in [-0.1, -0.05) is 62.3 Å². The maximum atomic E-state index is 12.9. The topological polar surface area (TPSA) is 112 Å². The number of alkyl halides is 21. The van der Waals surface area contributed by atoms with Crippen molar-refractivity contribution in [1.82, 2.24) is 0 Å². The van der Waals surface area contributed by atoms with E-state index in [1.807, 2.05) is 0 Å². The van der Waals surface area contributed by atoms with Gasteiger partial charge in [-0.05, 0) is 0 Å². The summed E-state index contributed by atoms with van der Waals surface area (Å²) in [5.74, 6) is -48.8. The average Bonchev–Trinajstić information content (AvgIpc) is 2.93. The first-order valence-corrected chi connectivity index (χ1v) is 14.5. The molecule has 3 N–H and O–H groups in total. The average molecular weight is 1050 g/mol. The minimum absolute atomic E-state index is 0. The fraction of sp³-hybridized carbons (Fsp3) is 0.700. The second kappa shape index (κ2) is 19.0. The molecule has 0 heterocycles. The molecule has 0 aromatic carbocycles. The standard InChI is InChI=1S/3C10H11F7O2.Ho/c3*1-7(2,3)5(18)4-6(19)8(11,12)9(13,14)10(15,16)17;/h3*4,19H,1-3H3;/b3*6-4+;. The Labute approximate surface area is 344 Å². The van der Waals surface area contributed by atoms with E-state index in [1.54, 1.807) is 0 Å². The molecule has 0 aromatic heterocycles. The normalized spacial score (nSPS) is 15.3. The van der Waals surface area contributed by atoms with Crippen molar-refractivity contribution in [2.24, 2.45) is 16.2 Å². The Bertz CT molecular complexity index is 1350. The van der Waals surface area contributed by atoms with Gasteiger partial charge in [0.25, 0.3) is 0 Å². The number of aliphatic hydroxyl groups excluding tert-OH is 3. The van der Waals surface area contributed by atoms with Crippen LogP contribution in [0.2, 0.25) is 0 Å². The first-order chi connectivity index (χ1) is 24.1. The summed E-state index contributed by atoms with van der Waals surface area (Å²) < 4.78 is 259. The molecule has 0 saturated carbocycles. The predicted molar refractivity (Wildman–Crippen MR) is 153 cm³/mol. The Kier molecular flexibility index (Phi) is 20.3. The molecule has 28 heteroatoms. The Hall–Kier alpha value is -2.58. The van der Waals surface area contributed by atoms with Gasteiger partial charge in [-0.2, -0.15) is 92.2 Å². The predicted octanol–water partition coefficient (Wildman–Crippen LogP) is 11.6. The quantitative estimate of drug-likeness (QED) is 0.0918. The summed E-state index contributed by atoms with van der Waals surface area (Å²) >= 11 is 0. The molecule has 1 radical (unpaired) electrons. The molecule has 0 unspecified atom stereocenters. The van der Waals surface area contributed by atoms with Crippen LogP contribution in [0.4, 0.5) is 92.2 Å². The molecule has 0 saturated heterocycles. The molecule has 0 bridgehead atoms. The molecule has 0 aliphatic rings. The number of allylic oxidation sites excluding steroid dienone is 6. The smallest absolute Gasteiger partial charge is 0.460 e. The summed E-state index contributed by atoms with van der Waals surface area (Å²) in [6.07, 6.45) is -20.7. The molecule has 0 amide bonds. The number of halogens is 21. The number of carbonyl (C=O) groups is 3. The zero-order chi connectivity index (χ0) is 47.6. The summed E-state index contributed by atoms with van der Waals surface area (Å²) in [5, 5.41) is 26.2. The number of hydrogen-bond donors (Lipinski definition) is 3. The third-order valence-electron chi connectivity index (χ3n) is 6.24. The molecular weight excluding hydrogens is 1020 g/mol. The monoisotopic (exact) mass is 1050 g/mol. The van der Waals surface area contributed by atoms with Gasteiger partial charge in [0.05, 0.1) is 0 Å². The van der Waals surface area contributed by atoms with E-state index in [1.165, 1.54) is 62.3 Å². The summed E-state index contributed by atoms with van der Waals surface area (Å²) in [6.45, 7) is 10.9. The third-order valence-corrected chi connectivity index (χ3v) is 6.24. The van der Waals surface area contributed by atoms with E-state index in [9.17, 15) is 107 Å². The van der Waals surface area contributed by atoms with Crippen molar-refractivity contribution in [2.45, 2.75) is 116 Å². The van der Waals surface area contributed by atoms with Crippen LogP contribution < -0.4 is 0 Å². The molecule has 6 nitrogen and oxygen atoms in total. The summed E-state index contributed by atoms with van der Waals surface area (Å²) in [5.41, 5.74) is -3.97. The zero-order valence-corrected chi connectivity index (χ0v) is 32.5. The molecular formula is C30H33F21HoO6. The Morgan fingerprint density at radius 1 is 0.328 bits per heavy atom. The maximum Gasteiger partial charge on any atom is 0.460 e. The van der Waals surface area contributed by atoms with Gasteiger partial charge in [0, 0.05) is 72.2 Å². The van der Waals surface area contributed by atoms with E-state index < -0.39 is 105 Å². The van der Waals surface area contributed by atoms with E-state index in [-0.39, 0.29) is 56.0 Å². The van der Waals surface area contributed by atoms with Crippen LogP contribution in [-0.2, 0) is 14.4 Å². The van der Waals surface area contributed by atoms with Gasteiger partial charge in [0.1, 0.15) is 0 Å². The van der Waals surface area contributed by atoms with E-state index in [4.69, 9.17) is 15.3 Å². The molecule has 0 spiro atoms. The first-order valence-electron chi connectivity index (χ1n) is 14.5. The van der Waals surface area contributed by atoms with Gasteiger partial charge < -0.3 is 15.3 Å². The second-order valence-electron chi connectivity index (χ2n) is 14.4.